The number of carbonyl (C=O) groups is 1. The second-order valence-electron chi connectivity index (χ2n) is 7.16. The van der Waals surface area contributed by atoms with Gasteiger partial charge >= 0.3 is 0 Å². The monoisotopic (exact) mass is 373 g/mol. The van der Waals surface area contributed by atoms with E-state index in [-0.39, 0.29) is 5.91 Å². The number of hydrogen-bond acceptors (Lipinski definition) is 3. The van der Waals surface area contributed by atoms with Gasteiger partial charge in [0.15, 0.2) is 5.69 Å². The van der Waals surface area contributed by atoms with Crippen molar-refractivity contribution >= 4 is 11.4 Å². The van der Waals surface area contributed by atoms with Crippen LogP contribution < -0.4 is 0 Å². The van der Waals surface area contributed by atoms with Gasteiger partial charge in [-0.2, -0.15) is 0 Å². The molecule has 4 aromatic heterocycles. The smallest absolute Gasteiger partial charge is 0.274 e. The van der Waals surface area contributed by atoms with Crippen molar-refractivity contribution in [1.82, 2.24) is 23.8 Å². The normalized spacial score (nSPS) is 11.3. The Balaban J connectivity index is 1.72. The molecule has 0 fully saturated rings. The first-order valence-electron chi connectivity index (χ1n) is 9.35. The second kappa shape index (κ2) is 7.31. The molecule has 6 nitrogen and oxygen atoms in total. The van der Waals surface area contributed by atoms with Crippen LogP contribution >= 0.6 is 0 Å². The zero-order chi connectivity index (χ0) is 19.7. The quantitative estimate of drug-likeness (QED) is 0.530. The summed E-state index contributed by atoms with van der Waals surface area (Å²) in [6.45, 7) is 4.70. The molecule has 4 heterocycles. The Morgan fingerprint density at radius 2 is 1.93 bits per heavy atom. The first-order valence-corrected chi connectivity index (χ1v) is 9.35. The van der Waals surface area contributed by atoms with Crippen molar-refractivity contribution in [3.05, 3.63) is 78.6 Å². The summed E-state index contributed by atoms with van der Waals surface area (Å²) in [5, 5.41) is 0. The van der Waals surface area contributed by atoms with E-state index in [0.29, 0.717) is 18.3 Å². The molecule has 0 bridgehead atoms. The zero-order valence-corrected chi connectivity index (χ0v) is 16.3. The van der Waals surface area contributed by atoms with Gasteiger partial charge in [-0.05, 0) is 44.2 Å². The molecule has 0 atom stereocenters. The predicted octanol–water partition coefficient (Wildman–Crippen LogP) is 4.05. The van der Waals surface area contributed by atoms with Crippen LogP contribution in [0.25, 0.3) is 16.9 Å². The summed E-state index contributed by atoms with van der Waals surface area (Å²) in [5.41, 5.74) is 3.08. The molecule has 4 rings (SSSR count). The van der Waals surface area contributed by atoms with Crippen molar-refractivity contribution < 1.29 is 4.79 Å². The number of amides is 1. The van der Waals surface area contributed by atoms with Crippen LogP contribution in [0.2, 0.25) is 0 Å². The van der Waals surface area contributed by atoms with Crippen LogP contribution in [0.1, 0.15) is 36.1 Å². The maximum absolute atomic E-state index is 13.1. The van der Waals surface area contributed by atoms with Gasteiger partial charge in [-0.1, -0.05) is 12.1 Å². The Kier molecular flexibility index (Phi) is 4.69. The van der Waals surface area contributed by atoms with Gasteiger partial charge in [0, 0.05) is 43.4 Å². The summed E-state index contributed by atoms with van der Waals surface area (Å²) in [7, 11) is 1.78. The fraction of sp³-hybridized carbons (Fsp3) is 0.227. The van der Waals surface area contributed by atoms with E-state index >= 15 is 0 Å². The first kappa shape index (κ1) is 18.0. The molecule has 0 unspecified atom stereocenters. The highest BCUT2D eigenvalue weighted by Gasteiger charge is 2.22. The molecule has 0 spiro atoms. The van der Waals surface area contributed by atoms with Crippen LogP contribution in [0.4, 0.5) is 0 Å². The fourth-order valence-electron chi connectivity index (χ4n) is 3.25. The molecule has 6 heteroatoms. The number of fused-ring (bicyclic) bond motifs is 1. The molecule has 4 aromatic rings. The minimum absolute atomic E-state index is 0.121. The number of pyridine rings is 2. The van der Waals surface area contributed by atoms with E-state index < -0.39 is 0 Å². The van der Waals surface area contributed by atoms with E-state index in [9.17, 15) is 4.79 Å². The lowest BCUT2D eigenvalue weighted by molar-refractivity contribution is 0.0780. The lowest BCUT2D eigenvalue weighted by Gasteiger charge is -2.15. The molecular weight excluding hydrogens is 350 g/mol. The molecule has 0 aliphatic rings. The second-order valence-corrected chi connectivity index (χ2v) is 7.16. The van der Waals surface area contributed by atoms with Crippen molar-refractivity contribution in [2.24, 2.45) is 0 Å². The van der Waals surface area contributed by atoms with Crippen molar-refractivity contribution in [3.8, 4) is 11.4 Å². The molecule has 28 heavy (non-hydrogen) atoms. The molecule has 1 amide bonds. The molecule has 0 aromatic carbocycles. The van der Waals surface area contributed by atoms with E-state index in [4.69, 9.17) is 4.98 Å². The first-order chi connectivity index (χ1) is 13.5. The van der Waals surface area contributed by atoms with Gasteiger partial charge in [-0.3, -0.25) is 14.2 Å². The molecule has 0 aliphatic heterocycles. The highest BCUT2D eigenvalue weighted by Crippen LogP contribution is 2.25. The number of imidazole rings is 1. The maximum atomic E-state index is 13.1. The highest BCUT2D eigenvalue weighted by molar-refractivity contribution is 5.99. The third-order valence-electron chi connectivity index (χ3n) is 4.79. The molecule has 0 aliphatic carbocycles. The molecular formula is C22H23N5O. The van der Waals surface area contributed by atoms with Crippen molar-refractivity contribution in [2.75, 3.05) is 7.05 Å². The fourth-order valence-corrected chi connectivity index (χ4v) is 3.25. The molecule has 0 saturated heterocycles. The Hall–Kier alpha value is -3.41. The van der Waals surface area contributed by atoms with Gasteiger partial charge in [0.25, 0.3) is 5.91 Å². The largest absolute Gasteiger partial charge is 0.351 e. The minimum atomic E-state index is -0.121. The summed E-state index contributed by atoms with van der Waals surface area (Å²) >= 11 is 0. The summed E-state index contributed by atoms with van der Waals surface area (Å²) < 4.78 is 4.11. The average Bonchev–Trinajstić information content (AvgIpc) is 3.33. The Morgan fingerprint density at radius 1 is 1.11 bits per heavy atom. The summed E-state index contributed by atoms with van der Waals surface area (Å²) in [5.74, 6) is 0.647. The molecule has 142 valence electrons. The average molecular weight is 373 g/mol. The number of hydrogen-bond donors (Lipinski definition) is 0. The van der Waals surface area contributed by atoms with Gasteiger partial charge in [-0.25, -0.2) is 4.98 Å². The van der Waals surface area contributed by atoms with E-state index in [1.54, 1.807) is 18.1 Å². The topological polar surface area (TPSA) is 55.4 Å². The van der Waals surface area contributed by atoms with E-state index in [1.165, 1.54) is 0 Å². The maximum Gasteiger partial charge on any atom is 0.274 e. The van der Waals surface area contributed by atoms with Gasteiger partial charge in [0.1, 0.15) is 5.82 Å². The van der Waals surface area contributed by atoms with Crippen molar-refractivity contribution in [3.63, 3.8) is 0 Å². The number of nitrogens with zero attached hydrogens (tertiary/aromatic N) is 5. The summed E-state index contributed by atoms with van der Waals surface area (Å²) in [6, 6.07) is 13.9. The van der Waals surface area contributed by atoms with E-state index in [1.807, 2.05) is 59.3 Å². The molecule has 0 radical (unpaired) electrons. The van der Waals surface area contributed by atoms with Crippen molar-refractivity contribution in [1.29, 1.82) is 0 Å². The number of carbonyl (C=O) groups excluding carboxylic acids is 1. The van der Waals surface area contributed by atoms with Crippen LogP contribution in [-0.4, -0.2) is 36.8 Å². The van der Waals surface area contributed by atoms with Gasteiger partial charge in [-0.15, -0.1) is 0 Å². The van der Waals surface area contributed by atoms with Crippen LogP contribution in [-0.2, 0) is 6.54 Å². The lowest BCUT2D eigenvalue weighted by Crippen LogP contribution is -2.27. The van der Waals surface area contributed by atoms with E-state index in [2.05, 4.69) is 29.6 Å². The van der Waals surface area contributed by atoms with Crippen LogP contribution in [0.5, 0.6) is 0 Å². The Labute approximate surface area is 164 Å². The van der Waals surface area contributed by atoms with Crippen LogP contribution in [0.15, 0.2) is 67.3 Å². The third-order valence-corrected chi connectivity index (χ3v) is 4.79. The Morgan fingerprint density at radius 3 is 2.64 bits per heavy atom. The molecule has 0 N–H and O–H groups in total. The van der Waals surface area contributed by atoms with Crippen LogP contribution in [0, 0.1) is 0 Å². The predicted molar refractivity (Wildman–Crippen MR) is 109 cm³/mol. The lowest BCUT2D eigenvalue weighted by atomic mass is 10.3. The minimum Gasteiger partial charge on any atom is -0.351 e. The van der Waals surface area contributed by atoms with Gasteiger partial charge in [0.2, 0.25) is 0 Å². The highest BCUT2D eigenvalue weighted by atomic mass is 16.2. The zero-order valence-electron chi connectivity index (χ0n) is 16.3. The number of rotatable bonds is 5. The van der Waals surface area contributed by atoms with Crippen LogP contribution in [0.3, 0.4) is 0 Å². The molecule has 0 saturated carbocycles. The van der Waals surface area contributed by atoms with Gasteiger partial charge in [0.05, 0.1) is 17.8 Å². The van der Waals surface area contributed by atoms with Crippen molar-refractivity contribution in [2.45, 2.75) is 26.4 Å². The third kappa shape index (κ3) is 3.29. The van der Waals surface area contributed by atoms with E-state index in [0.717, 1.165) is 22.6 Å². The summed E-state index contributed by atoms with van der Waals surface area (Å²) in [4.78, 5) is 23.8. The number of aromatic nitrogens is 4. The standard InChI is InChI=1S/C22H23N5O/c1-16(2)26-13-10-17(14-26)21-24-20(19-9-5-7-12-27(19)21)22(28)25(3)15-18-8-4-6-11-23-18/h4-14,16H,15H2,1-3H3. The summed E-state index contributed by atoms with van der Waals surface area (Å²) in [6.07, 6.45) is 7.79. The SMILES string of the molecule is CC(C)n1ccc(-c2nc(C(=O)N(C)Cc3ccccn3)c3ccccn23)c1. The Bertz CT molecular complexity index is 1110. The van der Waals surface area contributed by atoms with Gasteiger partial charge < -0.3 is 9.47 Å².